The van der Waals surface area contributed by atoms with E-state index in [-0.39, 0.29) is 0 Å². The highest BCUT2D eigenvalue weighted by molar-refractivity contribution is 4.81. The van der Waals surface area contributed by atoms with Crippen molar-refractivity contribution >= 4 is 0 Å². The van der Waals surface area contributed by atoms with Crippen LogP contribution in [0.5, 0.6) is 0 Å². The Kier molecular flexibility index (Phi) is 17.4. The maximum absolute atomic E-state index is 4.72. The highest BCUT2D eigenvalue weighted by atomic mass is 16.5. The summed E-state index contributed by atoms with van der Waals surface area (Å²) in [4.78, 5) is 0. The fourth-order valence-corrected chi connectivity index (χ4v) is 2.36. The molecule has 0 bridgehead atoms. The summed E-state index contributed by atoms with van der Waals surface area (Å²) in [6, 6.07) is 0. The summed E-state index contributed by atoms with van der Waals surface area (Å²) in [5.41, 5.74) is 0. The van der Waals surface area contributed by atoms with E-state index in [9.17, 15) is 0 Å². The van der Waals surface area contributed by atoms with E-state index in [0.717, 1.165) is 0 Å². The minimum absolute atomic E-state index is 0.651. The van der Waals surface area contributed by atoms with Crippen LogP contribution >= 0.6 is 0 Å². The van der Waals surface area contributed by atoms with Crippen molar-refractivity contribution in [3.05, 3.63) is 19.3 Å². The number of ether oxygens (including phenoxy) is 1. The number of rotatable bonds is 15. The van der Waals surface area contributed by atoms with Crippen molar-refractivity contribution < 1.29 is 4.74 Å². The molecule has 0 amide bonds. The first-order valence-corrected chi connectivity index (χ1v) is 8.43. The van der Waals surface area contributed by atoms with E-state index >= 15 is 0 Å². The SMILES string of the molecule is [CH2]OC/C=C/CCCCCCCCCCCCCC. The Bertz CT molecular complexity index is 175. The Morgan fingerprint density at radius 1 is 0.684 bits per heavy atom. The molecule has 0 aromatic carbocycles. The zero-order valence-electron chi connectivity index (χ0n) is 13.2. The molecule has 0 saturated heterocycles. The molecule has 0 aliphatic rings. The van der Waals surface area contributed by atoms with Crippen molar-refractivity contribution in [2.45, 2.75) is 90.4 Å². The standard InChI is InChI=1S/C18H35O/c1-3-4-5-6-7-8-9-10-11-12-13-14-15-16-17-18-19-2/h16-17H,2-15,18H2,1H3/b17-16+. The molecular weight excluding hydrogens is 232 g/mol. The Morgan fingerprint density at radius 3 is 1.63 bits per heavy atom. The molecule has 0 saturated carbocycles. The second kappa shape index (κ2) is 17.7. The van der Waals surface area contributed by atoms with Crippen molar-refractivity contribution in [3.8, 4) is 0 Å². The van der Waals surface area contributed by atoms with Crippen molar-refractivity contribution in [1.29, 1.82) is 0 Å². The molecule has 0 aromatic heterocycles. The lowest BCUT2D eigenvalue weighted by Crippen LogP contribution is -1.82. The van der Waals surface area contributed by atoms with Crippen molar-refractivity contribution in [2.75, 3.05) is 6.61 Å². The highest BCUT2D eigenvalue weighted by Crippen LogP contribution is 2.12. The van der Waals surface area contributed by atoms with Crippen LogP contribution in [0, 0.1) is 7.11 Å². The molecular formula is C18H35O. The van der Waals surface area contributed by atoms with E-state index in [4.69, 9.17) is 4.74 Å². The van der Waals surface area contributed by atoms with Gasteiger partial charge in [0.05, 0.1) is 13.7 Å². The van der Waals surface area contributed by atoms with Crippen LogP contribution in [-0.4, -0.2) is 6.61 Å². The zero-order chi connectivity index (χ0) is 14.0. The molecule has 0 fully saturated rings. The summed E-state index contributed by atoms with van der Waals surface area (Å²) >= 11 is 0. The van der Waals surface area contributed by atoms with E-state index in [1.165, 1.54) is 83.5 Å². The van der Waals surface area contributed by atoms with Gasteiger partial charge in [0.1, 0.15) is 0 Å². The predicted molar refractivity (Wildman–Crippen MR) is 86.1 cm³/mol. The van der Waals surface area contributed by atoms with Crippen molar-refractivity contribution in [2.24, 2.45) is 0 Å². The second-order valence-electron chi connectivity index (χ2n) is 5.52. The Balaban J connectivity index is 2.95. The van der Waals surface area contributed by atoms with Crippen LogP contribution in [0.25, 0.3) is 0 Å². The average Bonchev–Trinajstić information content (AvgIpc) is 2.43. The van der Waals surface area contributed by atoms with Gasteiger partial charge in [-0.1, -0.05) is 89.7 Å². The van der Waals surface area contributed by atoms with Gasteiger partial charge in [0.15, 0.2) is 0 Å². The van der Waals surface area contributed by atoms with Crippen LogP contribution in [0.2, 0.25) is 0 Å². The second-order valence-corrected chi connectivity index (χ2v) is 5.52. The molecule has 0 rings (SSSR count). The first kappa shape index (κ1) is 18.7. The summed E-state index contributed by atoms with van der Waals surface area (Å²) in [5.74, 6) is 0. The third-order valence-electron chi connectivity index (χ3n) is 3.61. The summed E-state index contributed by atoms with van der Waals surface area (Å²) in [6.45, 7) is 2.93. The zero-order valence-corrected chi connectivity index (χ0v) is 13.2. The quantitative estimate of drug-likeness (QED) is 0.245. The van der Waals surface area contributed by atoms with Gasteiger partial charge in [0.2, 0.25) is 0 Å². The fraction of sp³-hybridized carbons (Fsp3) is 0.833. The molecule has 0 heterocycles. The first-order chi connectivity index (χ1) is 9.41. The van der Waals surface area contributed by atoms with Crippen molar-refractivity contribution in [3.63, 3.8) is 0 Å². The number of unbranched alkanes of at least 4 members (excludes halogenated alkanes) is 12. The minimum atomic E-state index is 0.651. The average molecular weight is 267 g/mol. The van der Waals surface area contributed by atoms with Gasteiger partial charge < -0.3 is 4.74 Å². The van der Waals surface area contributed by atoms with Crippen LogP contribution < -0.4 is 0 Å². The molecule has 0 atom stereocenters. The molecule has 19 heavy (non-hydrogen) atoms. The van der Waals surface area contributed by atoms with Gasteiger partial charge in [-0.2, -0.15) is 0 Å². The lowest BCUT2D eigenvalue weighted by atomic mass is 10.0. The van der Waals surface area contributed by atoms with E-state index in [1.54, 1.807) is 0 Å². The van der Waals surface area contributed by atoms with Crippen LogP contribution in [0.15, 0.2) is 12.2 Å². The van der Waals surface area contributed by atoms with E-state index in [1.807, 2.05) is 0 Å². The van der Waals surface area contributed by atoms with Crippen LogP contribution in [0.4, 0.5) is 0 Å². The van der Waals surface area contributed by atoms with Crippen molar-refractivity contribution in [1.82, 2.24) is 0 Å². The molecule has 1 radical (unpaired) electrons. The number of allylic oxidation sites excluding steroid dienone is 1. The first-order valence-electron chi connectivity index (χ1n) is 8.43. The lowest BCUT2D eigenvalue weighted by Gasteiger charge is -2.02. The van der Waals surface area contributed by atoms with Gasteiger partial charge in [-0.3, -0.25) is 0 Å². The van der Waals surface area contributed by atoms with E-state index < -0.39 is 0 Å². The molecule has 0 aliphatic carbocycles. The lowest BCUT2D eigenvalue weighted by molar-refractivity contribution is 0.281. The van der Waals surface area contributed by atoms with Crippen LogP contribution in [0.3, 0.4) is 0 Å². The normalized spacial score (nSPS) is 11.5. The molecule has 0 aromatic rings. The monoisotopic (exact) mass is 267 g/mol. The Labute approximate surface area is 121 Å². The third kappa shape index (κ3) is 17.7. The number of hydrogen-bond donors (Lipinski definition) is 0. The molecule has 1 nitrogen and oxygen atoms in total. The van der Waals surface area contributed by atoms with Gasteiger partial charge in [-0.05, 0) is 12.8 Å². The topological polar surface area (TPSA) is 9.23 Å². The Morgan fingerprint density at radius 2 is 1.16 bits per heavy atom. The summed E-state index contributed by atoms with van der Waals surface area (Å²) in [6.07, 6.45) is 22.5. The van der Waals surface area contributed by atoms with Gasteiger partial charge in [-0.15, -0.1) is 0 Å². The van der Waals surface area contributed by atoms with Gasteiger partial charge in [0.25, 0.3) is 0 Å². The highest BCUT2D eigenvalue weighted by Gasteiger charge is 1.92. The molecule has 0 aliphatic heterocycles. The molecule has 1 heteroatoms. The number of hydrogen-bond acceptors (Lipinski definition) is 1. The minimum Gasteiger partial charge on any atom is -0.375 e. The maximum Gasteiger partial charge on any atom is 0.0704 e. The molecule has 0 unspecified atom stereocenters. The summed E-state index contributed by atoms with van der Waals surface area (Å²) in [7, 11) is 3.34. The largest absolute Gasteiger partial charge is 0.375 e. The summed E-state index contributed by atoms with van der Waals surface area (Å²) < 4.78 is 4.72. The van der Waals surface area contributed by atoms with E-state index in [2.05, 4.69) is 26.2 Å². The third-order valence-corrected chi connectivity index (χ3v) is 3.61. The molecule has 113 valence electrons. The maximum atomic E-state index is 4.72. The van der Waals surface area contributed by atoms with Gasteiger partial charge >= 0.3 is 0 Å². The molecule has 0 spiro atoms. The molecule has 0 N–H and O–H groups in total. The predicted octanol–water partition coefficient (Wildman–Crippen LogP) is 6.44. The van der Waals surface area contributed by atoms with Crippen LogP contribution in [0.1, 0.15) is 90.4 Å². The Hall–Kier alpha value is -0.300. The van der Waals surface area contributed by atoms with Crippen LogP contribution in [-0.2, 0) is 4.74 Å². The van der Waals surface area contributed by atoms with Gasteiger partial charge in [0, 0.05) is 0 Å². The summed E-state index contributed by atoms with van der Waals surface area (Å²) in [5, 5.41) is 0. The smallest absolute Gasteiger partial charge is 0.0704 e. The van der Waals surface area contributed by atoms with E-state index in [0.29, 0.717) is 6.61 Å². The fourth-order valence-electron chi connectivity index (χ4n) is 2.36. The van der Waals surface area contributed by atoms with Gasteiger partial charge in [-0.25, -0.2) is 0 Å².